The van der Waals surface area contributed by atoms with Crippen molar-refractivity contribution in [2.45, 2.75) is 37.9 Å². The number of imidazole rings is 1. The summed E-state index contributed by atoms with van der Waals surface area (Å²) in [6.07, 6.45) is 6.44. The highest BCUT2D eigenvalue weighted by Gasteiger charge is 2.56. The molecule has 2 heterocycles. The number of nitrogens with zero attached hydrogens (tertiary/aromatic N) is 4. The summed E-state index contributed by atoms with van der Waals surface area (Å²) in [6, 6.07) is 12.7. The van der Waals surface area contributed by atoms with Crippen LogP contribution in [0.25, 0.3) is 5.69 Å². The molecule has 2 aromatic carbocycles. The molecule has 1 saturated carbocycles. The van der Waals surface area contributed by atoms with Crippen LogP contribution in [-0.2, 0) is 20.9 Å². The van der Waals surface area contributed by atoms with Crippen molar-refractivity contribution in [2.24, 2.45) is 5.92 Å². The standard InChI is InChI=1S/C26H26FN5O3/c1-30(15-17-2-8-21(9-3-17)31-11-10-28-16-31)26(35)23-13-18-12-22(18)32(23)25(34)14-24(33)29-20-6-4-19(27)5-7-20/h2-11,16,18,22-23H,12-15H2,1H3,(H,29,33)/t18-,22-,23+/m0/s1. The van der Waals surface area contributed by atoms with Crippen molar-refractivity contribution in [3.05, 3.63) is 78.6 Å². The number of fused-ring (bicyclic) bond motifs is 1. The van der Waals surface area contributed by atoms with E-state index in [9.17, 15) is 18.8 Å². The van der Waals surface area contributed by atoms with Crippen molar-refractivity contribution < 1.29 is 18.8 Å². The molecule has 1 aliphatic carbocycles. The first-order chi connectivity index (χ1) is 16.9. The summed E-state index contributed by atoms with van der Waals surface area (Å²) in [5, 5.41) is 2.61. The first-order valence-corrected chi connectivity index (χ1v) is 11.6. The second-order valence-corrected chi connectivity index (χ2v) is 9.18. The fraction of sp³-hybridized carbons (Fsp3) is 0.308. The van der Waals surface area contributed by atoms with E-state index in [0.29, 0.717) is 24.6 Å². The van der Waals surface area contributed by atoms with Gasteiger partial charge in [0.2, 0.25) is 17.7 Å². The van der Waals surface area contributed by atoms with E-state index in [1.807, 2.05) is 35.0 Å². The number of hydrogen-bond donors (Lipinski definition) is 1. The first-order valence-electron chi connectivity index (χ1n) is 11.6. The second kappa shape index (κ2) is 9.32. The number of likely N-dealkylation sites (N-methyl/N-ethyl adjacent to an activating group) is 1. The lowest BCUT2D eigenvalue weighted by Crippen LogP contribution is -2.48. The second-order valence-electron chi connectivity index (χ2n) is 9.18. The number of hydrogen-bond acceptors (Lipinski definition) is 4. The van der Waals surface area contributed by atoms with Crippen LogP contribution in [0.4, 0.5) is 10.1 Å². The van der Waals surface area contributed by atoms with Crippen LogP contribution in [-0.4, -0.2) is 56.2 Å². The van der Waals surface area contributed by atoms with Gasteiger partial charge in [0.05, 0.1) is 6.33 Å². The fourth-order valence-corrected chi connectivity index (χ4v) is 4.79. The molecule has 8 nitrogen and oxygen atoms in total. The number of likely N-dealkylation sites (tertiary alicyclic amines) is 1. The highest BCUT2D eigenvalue weighted by atomic mass is 19.1. The van der Waals surface area contributed by atoms with Crippen LogP contribution in [0, 0.1) is 11.7 Å². The van der Waals surface area contributed by atoms with Gasteiger partial charge in [-0.25, -0.2) is 9.37 Å². The number of benzene rings is 2. The Morgan fingerprint density at radius 3 is 2.51 bits per heavy atom. The van der Waals surface area contributed by atoms with Gasteiger partial charge in [-0.05, 0) is 60.7 Å². The molecule has 180 valence electrons. The molecule has 2 aliphatic rings. The van der Waals surface area contributed by atoms with Crippen LogP contribution >= 0.6 is 0 Å². The van der Waals surface area contributed by atoms with Gasteiger partial charge in [0.15, 0.2) is 0 Å². The molecule has 35 heavy (non-hydrogen) atoms. The van der Waals surface area contributed by atoms with Gasteiger partial charge in [-0.1, -0.05) is 12.1 Å². The molecule has 1 N–H and O–H groups in total. The van der Waals surface area contributed by atoms with Crippen molar-refractivity contribution >= 4 is 23.4 Å². The van der Waals surface area contributed by atoms with Crippen LogP contribution in [0.15, 0.2) is 67.3 Å². The number of anilines is 1. The molecule has 0 bridgehead atoms. The summed E-state index contributed by atoms with van der Waals surface area (Å²) in [5.74, 6) is -1.05. The fourth-order valence-electron chi connectivity index (χ4n) is 4.79. The SMILES string of the molecule is CN(Cc1ccc(-n2ccnc2)cc1)C(=O)[C@H]1C[C@@H]2C[C@@H]2N1C(=O)CC(=O)Nc1ccc(F)cc1. The van der Waals surface area contributed by atoms with Gasteiger partial charge in [-0.3, -0.25) is 14.4 Å². The van der Waals surface area contributed by atoms with Gasteiger partial charge in [-0.2, -0.15) is 0 Å². The average Bonchev–Trinajstić information content (AvgIpc) is 3.22. The van der Waals surface area contributed by atoms with Gasteiger partial charge < -0.3 is 19.7 Å². The molecule has 1 aromatic heterocycles. The predicted molar refractivity (Wildman–Crippen MR) is 127 cm³/mol. The third-order valence-electron chi connectivity index (χ3n) is 6.65. The Labute approximate surface area is 202 Å². The Morgan fingerprint density at radius 1 is 1.09 bits per heavy atom. The van der Waals surface area contributed by atoms with Gasteiger partial charge in [0, 0.05) is 43.4 Å². The maximum atomic E-state index is 13.3. The summed E-state index contributed by atoms with van der Waals surface area (Å²) in [5.41, 5.74) is 2.37. The van der Waals surface area contributed by atoms with E-state index in [-0.39, 0.29) is 24.3 Å². The molecule has 3 amide bonds. The number of rotatable bonds is 7. The molecular weight excluding hydrogens is 449 g/mol. The Kier molecular flexibility index (Phi) is 6.07. The lowest BCUT2D eigenvalue weighted by atomic mass is 10.1. The van der Waals surface area contributed by atoms with Crippen LogP contribution in [0.1, 0.15) is 24.8 Å². The number of amides is 3. The van der Waals surface area contributed by atoms with E-state index in [0.717, 1.165) is 17.7 Å². The van der Waals surface area contributed by atoms with E-state index < -0.39 is 17.8 Å². The minimum Gasteiger partial charge on any atom is -0.340 e. The quantitative estimate of drug-likeness (QED) is 0.533. The molecule has 1 saturated heterocycles. The summed E-state index contributed by atoms with van der Waals surface area (Å²) >= 11 is 0. The largest absolute Gasteiger partial charge is 0.340 e. The van der Waals surface area contributed by atoms with Crippen LogP contribution in [0.3, 0.4) is 0 Å². The summed E-state index contributed by atoms with van der Waals surface area (Å²) in [6.45, 7) is 0.419. The van der Waals surface area contributed by atoms with Crippen molar-refractivity contribution in [3.8, 4) is 5.69 Å². The van der Waals surface area contributed by atoms with Crippen molar-refractivity contribution in [3.63, 3.8) is 0 Å². The summed E-state index contributed by atoms with van der Waals surface area (Å²) in [7, 11) is 1.74. The Bertz CT molecular complexity index is 1230. The Morgan fingerprint density at radius 2 is 1.83 bits per heavy atom. The molecular formula is C26H26FN5O3. The predicted octanol–water partition coefficient (Wildman–Crippen LogP) is 2.99. The summed E-state index contributed by atoms with van der Waals surface area (Å²) < 4.78 is 15.0. The van der Waals surface area contributed by atoms with Crippen molar-refractivity contribution in [1.82, 2.24) is 19.4 Å². The van der Waals surface area contributed by atoms with Gasteiger partial charge in [-0.15, -0.1) is 0 Å². The van der Waals surface area contributed by atoms with Gasteiger partial charge >= 0.3 is 0 Å². The Balaban J connectivity index is 1.20. The van der Waals surface area contributed by atoms with E-state index in [4.69, 9.17) is 0 Å². The van der Waals surface area contributed by atoms with Gasteiger partial charge in [0.25, 0.3) is 0 Å². The number of aromatic nitrogens is 2. The molecule has 3 aromatic rings. The third-order valence-corrected chi connectivity index (χ3v) is 6.65. The smallest absolute Gasteiger partial charge is 0.245 e. The van der Waals surface area contributed by atoms with E-state index >= 15 is 0 Å². The monoisotopic (exact) mass is 475 g/mol. The lowest BCUT2D eigenvalue weighted by molar-refractivity contribution is -0.145. The maximum Gasteiger partial charge on any atom is 0.245 e. The van der Waals surface area contributed by atoms with Crippen LogP contribution < -0.4 is 5.32 Å². The molecule has 9 heteroatoms. The first kappa shape index (κ1) is 22.8. The Hall–Kier alpha value is -4.01. The number of halogens is 1. The molecule has 3 atom stereocenters. The molecule has 1 aliphatic heterocycles. The van der Waals surface area contributed by atoms with E-state index in [1.54, 1.807) is 29.4 Å². The van der Waals surface area contributed by atoms with Crippen molar-refractivity contribution in [1.29, 1.82) is 0 Å². The van der Waals surface area contributed by atoms with E-state index in [1.165, 1.54) is 24.3 Å². The zero-order chi connectivity index (χ0) is 24.5. The minimum atomic E-state index is -0.555. The maximum absolute atomic E-state index is 13.3. The van der Waals surface area contributed by atoms with Crippen LogP contribution in [0.5, 0.6) is 0 Å². The number of piperidine rings is 1. The zero-order valence-electron chi connectivity index (χ0n) is 19.3. The normalized spacial score (nSPS) is 20.3. The minimum absolute atomic E-state index is 0.0259. The van der Waals surface area contributed by atoms with Crippen LogP contribution in [0.2, 0.25) is 0 Å². The number of carbonyl (C=O) groups excluding carboxylic acids is 3. The number of nitrogens with one attached hydrogen (secondary N) is 1. The van der Waals surface area contributed by atoms with Gasteiger partial charge in [0.1, 0.15) is 18.3 Å². The summed E-state index contributed by atoms with van der Waals surface area (Å²) in [4.78, 5) is 46.0. The highest BCUT2D eigenvalue weighted by molar-refractivity contribution is 6.05. The average molecular weight is 476 g/mol. The molecule has 5 rings (SSSR count). The van der Waals surface area contributed by atoms with Crippen molar-refractivity contribution in [2.75, 3.05) is 12.4 Å². The molecule has 2 fully saturated rings. The highest BCUT2D eigenvalue weighted by Crippen LogP contribution is 2.48. The zero-order valence-corrected chi connectivity index (χ0v) is 19.3. The van der Waals surface area contributed by atoms with E-state index in [2.05, 4.69) is 10.3 Å². The topological polar surface area (TPSA) is 87.5 Å². The molecule has 0 unspecified atom stereocenters. The molecule has 0 radical (unpaired) electrons. The number of carbonyl (C=O) groups is 3. The lowest BCUT2D eigenvalue weighted by Gasteiger charge is -2.30. The third kappa shape index (κ3) is 4.94. The molecule has 0 spiro atoms.